The van der Waals surface area contributed by atoms with Crippen LogP contribution in [0, 0.1) is 11.8 Å². The highest BCUT2D eigenvalue weighted by molar-refractivity contribution is 4.78. The van der Waals surface area contributed by atoms with Crippen LogP contribution in [-0.4, -0.2) is 18.9 Å². The van der Waals surface area contributed by atoms with Gasteiger partial charge < -0.3 is 4.74 Å². The van der Waals surface area contributed by atoms with Crippen LogP contribution in [0.15, 0.2) is 0 Å². The first-order valence-corrected chi connectivity index (χ1v) is 9.05. The van der Waals surface area contributed by atoms with E-state index in [1.807, 2.05) is 0 Å². The van der Waals surface area contributed by atoms with E-state index in [0.717, 1.165) is 18.8 Å². The van der Waals surface area contributed by atoms with Crippen molar-refractivity contribution in [3.8, 4) is 0 Å². The summed E-state index contributed by atoms with van der Waals surface area (Å²) in [4.78, 5) is 0. The molecule has 1 unspecified atom stereocenters. The topological polar surface area (TPSA) is 9.23 Å². The Kier molecular flexibility index (Phi) is 7.33. The molecule has 20 heavy (non-hydrogen) atoms. The first-order valence-electron chi connectivity index (χ1n) is 9.05. The molecule has 0 heterocycles. The average Bonchev–Trinajstić information content (AvgIpc) is 2.49. The Balaban J connectivity index is 1.56. The van der Waals surface area contributed by atoms with Crippen molar-refractivity contribution in [2.45, 2.75) is 96.2 Å². The van der Waals surface area contributed by atoms with E-state index in [1.165, 1.54) is 57.8 Å². The van der Waals surface area contributed by atoms with Crippen LogP contribution in [0.5, 0.6) is 0 Å². The van der Waals surface area contributed by atoms with E-state index < -0.39 is 6.17 Å². The number of halogens is 1. The highest BCUT2D eigenvalue weighted by atomic mass is 19.1. The van der Waals surface area contributed by atoms with Crippen molar-refractivity contribution in [1.29, 1.82) is 0 Å². The van der Waals surface area contributed by atoms with Gasteiger partial charge in [0.25, 0.3) is 0 Å². The number of hydrogen-bond acceptors (Lipinski definition) is 1. The lowest BCUT2D eigenvalue weighted by atomic mass is 9.78. The Morgan fingerprint density at radius 3 is 2.35 bits per heavy atom. The maximum Gasteiger partial charge on any atom is 0.105 e. The minimum atomic E-state index is -0.624. The fourth-order valence-electron chi connectivity index (χ4n) is 4.06. The quantitative estimate of drug-likeness (QED) is 0.585. The van der Waals surface area contributed by atoms with Gasteiger partial charge in [0.05, 0.1) is 6.10 Å². The zero-order chi connectivity index (χ0) is 14.2. The van der Waals surface area contributed by atoms with Crippen LogP contribution in [0.25, 0.3) is 0 Å². The van der Waals surface area contributed by atoms with Crippen LogP contribution >= 0.6 is 0 Å². The van der Waals surface area contributed by atoms with E-state index in [9.17, 15) is 4.39 Å². The second-order valence-corrected chi connectivity index (χ2v) is 7.00. The predicted molar refractivity (Wildman–Crippen MR) is 82.7 cm³/mol. The Morgan fingerprint density at radius 1 is 1.00 bits per heavy atom. The molecule has 118 valence electrons. The number of ether oxygens (including phenoxy) is 1. The van der Waals surface area contributed by atoms with E-state index in [0.29, 0.717) is 25.0 Å². The van der Waals surface area contributed by atoms with Crippen molar-refractivity contribution >= 4 is 0 Å². The fraction of sp³-hybridized carbons (Fsp3) is 1.00. The van der Waals surface area contributed by atoms with Crippen molar-refractivity contribution in [2.75, 3.05) is 6.61 Å². The lowest BCUT2D eigenvalue weighted by Gasteiger charge is -2.30. The molecule has 2 rings (SSSR count). The lowest BCUT2D eigenvalue weighted by Crippen LogP contribution is -2.25. The monoisotopic (exact) mass is 284 g/mol. The molecule has 0 radical (unpaired) electrons. The molecule has 0 aromatic carbocycles. The SMILES string of the molecule is CCCC1CCC(C(F)CCOC2CCCCC2)CC1. The molecule has 2 heteroatoms. The first-order chi connectivity index (χ1) is 9.79. The summed E-state index contributed by atoms with van der Waals surface area (Å²) in [5.41, 5.74) is 0. The Morgan fingerprint density at radius 2 is 1.70 bits per heavy atom. The number of hydrogen-bond donors (Lipinski definition) is 0. The number of alkyl halides is 1. The molecule has 0 aliphatic heterocycles. The summed E-state index contributed by atoms with van der Waals surface area (Å²) in [5.74, 6) is 1.19. The molecule has 2 fully saturated rings. The summed E-state index contributed by atoms with van der Waals surface area (Å²) in [7, 11) is 0. The highest BCUT2D eigenvalue weighted by Crippen LogP contribution is 2.35. The van der Waals surface area contributed by atoms with E-state index >= 15 is 0 Å². The van der Waals surface area contributed by atoms with Gasteiger partial charge in [-0.3, -0.25) is 0 Å². The molecule has 0 amide bonds. The van der Waals surface area contributed by atoms with Gasteiger partial charge in [0.2, 0.25) is 0 Å². The van der Waals surface area contributed by atoms with Crippen LogP contribution < -0.4 is 0 Å². The molecule has 0 aromatic rings. The summed E-state index contributed by atoms with van der Waals surface area (Å²) in [5, 5.41) is 0. The predicted octanol–water partition coefficient (Wildman–Crippen LogP) is 5.67. The van der Waals surface area contributed by atoms with Gasteiger partial charge in [0, 0.05) is 13.0 Å². The van der Waals surface area contributed by atoms with Crippen LogP contribution in [-0.2, 0) is 4.74 Å². The van der Waals surface area contributed by atoms with Gasteiger partial charge >= 0.3 is 0 Å². The van der Waals surface area contributed by atoms with Crippen molar-refractivity contribution in [3.63, 3.8) is 0 Å². The molecule has 1 nitrogen and oxygen atoms in total. The molecule has 0 spiro atoms. The van der Waals surface area contributed by atoms with E-state index in [2.05, 4.69) is 6.92 Å². The molecule has 2 aliphatic carbocycles. The zero-order valence-corrected chi connectivity index (χ0v) is 13.3. The van der Waals surface area contributed by atoms with Gasteiger partial charge in [-0.1, -0.05) is 51.9 Å². The van der Waals surface area contributed by atoms with Crippen molar-refractivity contribution < 1.29 is 9.13 Å². The van der Waals surface area contributed by atoms with Crippen molar-refractivity contribution in [1.82, 2.24) is 0 Å². The third-order valence-electron chi connectivity index (χ3n) is 5.40. The second-order valence-electron chi connectivity index (χ2n) is 7.00. The molecule has 0 aromatic heterocycles. The zero-order valence-electron chi connectivity index (χ0n) is 13.3. The maximum absolute atomic E-state index is 14.3. The largest absolute Gasteiger partial charge is 0.378 e. The molecule has 0 N–H and O–H groups in total. The molecule has 0 saturated heterocycles. The normalized spacial score (nSPS) is 30.3. The van der Waals surface area contributed by atoms with Crippen LogP contribution in [0.1, 0.15) is 84.0 Å². The summed E-state index contributed by atoms with van der Waals surface area (Å²) in [6, 6.07) is 0. The van der Waals surface area contributed by atoms with E-state index in [-0.39, 0.29) is 0 Å². The van der Waals surface area contributed by atoms with E-state index in [4.69, 9.17) is 4.74 Å². The third-order valence-corrected chi connectivity index (χ3v) is 5.40. The Labute approximate surface area is 124 Å². The van der Waals surface area contributed by atoms with Crippen molar-refractivity contribution in [3.05, 3.63) is 0 Å². The summed E-state index contributed by atoms with van der Waals surface area (Å²) in [6.07, 6.45) is 14.1. The molecule has 2 aliphatic rings. The molecular formula is C18H33FO. The van der Waals surface area contributed by atoms with Crippen molar-refractivity contribution in [2.24, 2.45) is 11.8 Å². The Bertz CT molecular complexity index is 242. The van der Waals surface area contributed by atoms with Gasteiger partial charge in [-0.05, 0) is 37.5 Å². The lowest BCUT2D eigenvalue weighted by molar-refractivity contribution is 0.0104. The summed E-state index contributed by atoms with van der Waals surface area (Å²) >= 11 is 0. The van der Waals surface area contributed by atoms with Gasteiger partial charge in [-0.25, -0.2) is 4.39 Å². The van der Waals surface area contributed by atoms with Crippen LogP contribution in [0.4, 0.5) is 4.39 Å². The summed E-state index contributed by atoms with van der Waals surface area (Å²) in [6.45, 7) is 2.90. The molecular weight excluding hydrogens is 251 g/mol. The minimum absolute atomic E-state index is 0.318. The molecule has 2 saturated carbocycles. The van der Waals surface area contributed by atoms with E-state index in [1.54, 1.807) is 0 Å². The minimum Gasteiger partial charge on any atom is -0.378 e. The van der Waals surface area contributed by atoms with Crippen LogP contribution in [0.2, 0.25) is 0 Å². The third kappa shape index (κ3) is 5.35. The molecule has 0 bridgehead atoms. The fourth-order valence-corrected chi connectivity index (χ4v) is 4.06. The summed E-state index contributed by atoms with van der Waals surface area (Å²) < 4.78 is 20.1. The maximum atomic E-state index is 14.3. The second kappa shape index (κ2) is 9.02. The molecule has 1 atom stereocenters. The first kappa shape index (κ1) is 16.3. The standard InChI is InChI=1S/C18H33FO/c1-2-6-15-9-11-16(12-10-15)18(19)13-14-20-17-7-4-3-5-8-17/h15-18H,2-14H2,1H3. The number of rotatable bonds is 7. The average molecular weight is 284 g/mol. The Hall–Kier alpha value is -0.110. The van der Waals surface area contributed by atoms with Gasteiger partial charge in [0.15, 0.2) is 0 Å². The smallest absolute Gasteiger partial charge is 0.105 e. The van der Waals surface area contributed by atoms with Gasteiger partial charge in [0.1, 0.15) is 6.17 Å². The highest BCUT2D eigenvalue weighted by Gasteiger charge is 2.27. The van der Waals surface area contributed by atoms with Gasteiger partial charge in [-0.2, -0.15) is 0 Å². The van der Waals surface area contributed by atoms with Crippen LogP contribution in [0.3, 0.4) is 0 Å². The van der Waals surface area contributed by atoms with Gasteiger partial charge in [-0.15, -0.1) is 0 Å².